The Morgan fingerprint density at radius 2 is 1.44 bits per heavy atom. The summed E-state index contributed by atoms with van der Waals surface area (Å²) >= 11 is 0. The molecule has 2 rings (SSSR count). The van der Waals surface area contributed by atoms with Gasteiger partial charge in [0.15, 0.2) is 0 Å². The lowest BCUT2D eigenvalue weighted by Crippen LogP contribution is -2.45. The van der Waals surface area contributed by atoms with Gasteiger partial charge in [-0.15, -0.1) is 9.24 Å². The van der Waals surface area contributed by atoms with Crippen molar-refractivity contribution < 1.29 is 0 Å². The average molecular weight is 354 g/mol. The Morgan fingerprint density at radius 3 is 1.88 bits per heavy atom. The fourth-order valence-corrected chi connectivity index (χ4v) is 3.58. The topological polar surface area (TPSA) is 24.4 Å². The summed E-state index contributed by atoms with van der Waals surface area (Å²) in [6.45, 7) is 13.0. The first-order chi connectivity index (χ1) is 11.8. The molecule has 1 N–H and O–H groups in total. The second-order valence-corrected chi connectivity index (χ2v) is 7.49. The van der Waals surface area contributed by atoms with E-state index in [1.807, 2.05) is 0 Å². The predicted molar refractivity (Wildman–Crippen MR) is 116 cm³/mol. The molecule has 0 fully saturated rings. The number of rotatable bonds is 6. The third kappa shape index (κ3) is 4.30. The molecule has 0 radical (unpaired) electrons. The monoisotopic (exact) mass is 354 g/mol. The van der Waals surface area contributed by atoms with Crippen LogP contribution in [0, 0.1) is 27.7 Å². The lowest BCUT2D eigenvalue weighted by atomic mass is 9.93. The lowest BCUT2D eigenvalue weighted by molar-refractivity contribution is 0.752. The molecule has 2 aromatic carbocycles. The minimum absolute atomic E-state index is 0.203. The maximum absolute atomic E-state index is 5.12. The Bertz CT molecular complexity index is 739. The highest BCUT2D eigenvalue weighted by molar-refractivity contribution is 7.16. The molecule has 0 amide bonds. The Kier molecular flexibility index (Phi) is 6.41. The highest BCUT2D eigenvalue weighted by Gasteiger charge is 2.29. The van der Waals surface area contributed by atoms with E-state index in [2.05, 4.69) is 92.5 Å². The molecule has 0 saturated heterocycles. The van der Waals surface area contributed by atoms with Crippen LogP contribution >= 0.6 is 9.24 Å². The summed E-state index contributed by atoms with van der Waals surface area (Å²) in [5, 5.41) is 3.80. The number of aliphatic imine (C=N–C) groups is 1. The Balaban J connectivity index is 2.50. The molecular formula is C22H31N2P. The standard InChI is InChI=1S/C22H31N2P/c1-7-19(23-20-15(2)10-8-11-16(20)3)22(6,14-25)24-21-17(4)12-9-13-18(21)5/h8-13,24H,7,14,25H2,1-6H3. The summed E-state index contributed by atoms with van der Waals surface area (Å²) in [5.41, 5.74) is 8.29. The molecular weight excluding hydrogens is 323 g/mol. The van der Waals surface area contributed by atoms with Gasteiger partial charge in [0.2, 0.25) is 0 Å². The van der Waals surface area contributed by atoms with Gasteiger partial charge < -0.3 is 5.32 Å². The number of aryl methyl sites for hydroxylation is 4. The van der Waals surface area contributed by atoms with Gasteiger partial charge in [0.1, 0.15) is 0 Å². The fraction of sp³-hybridized carbons (Fsp3) is 0.409. The number of nitrogens with zero attached hydrogens (tertiary/aromatic N) is 1. The maximum atomic E-state index is 5.12. The number of benzene rings is 2. The highest BCUT2D eigenvalue weighted by atomic mass is 31.0. The van der Waals surface area contributed by atoms with E-state index in [-0.39, 0.29) is 5.54 Å². The van der Waals surface area contributed by atoms with Crippen molar-refractivity contribution in [3.05, 3.63) is 58.7 Å². The molecule has 0 aliphatic rings. The van der Waals surface area contributed by atoms with Crippen LogP contribution in [0.25, 0.3) is 0 Å². The van der Waals surface area contributed by atoms with E-state index in [9.17, 15) is 0 Å². The molecule has 134 valence electrons. The van der Waals surface area contributed by atoms with Gasteiger partial charge in [0.25, 0.3) is 0 Å². The van der Waals surface area contributed by atoms with Gasteiger partial charge in [0, 0.05) is 11.4 Å². The summed E-state index contributed by atoms with van der Waals surface area (Å²) < 4.78 is 0. The number of hydrogen-bond donors (Lipinski definition) is 1. The van der Waals surface area contributed by atoms with Crippen molar-refractivity contribution in [1.82, 2.24) is 0 Å². The zero-order valence-electron chi connectivity index (χ0n) is 16.4. The summed E-state index contributed by atoms with van der Waals surface area (Å²) in [4.78, 5) is 5.12. The summed E-state index contributed by atoms with van der Waals surface area (Å²) in [6, 6.07) is 12.8. The van der Waals surface area contributed by atoms with Crippen LogP contribution in [0.4, 0.5) is 11.4 Å². The zero-order chi connectivity index (χ0) is 18.6. The molecule has 2 nitrogen and oxygen atoms in total. The molecule has 2 atom stereocenters. The molecule has 0 aromatic heterocycles. The number of anilines is 1. The van der Waals surface area contributed by atoms with E-state index in [1.54, 1.807) is 0 Å². The minimum atomic E-state index is -0.203. The van der Waals surface area contributed by atoms with Crippen LogP contribution in [0.5, 0.6) is 0 Å². The molecule has 0 aliphatic heterocycles. The highest BCUT2D eigenvalue weighted by Crippen LogP contribution is 2.30. The summed E-state index contributed by atoms with van der Waals surface area (Å²) in [7, 11) is 2.90. The van der Waals surface area contributed by atoms with Crippen LogP contribution in [-0.4, -0.2) is 17.4 Å². The van der Waals surface area contributed by atoms with E-state index < -0.39 is 0 Å². The normalized spacial score (nSPS) is 14.3. The van der Waals surface area contributed by atoms with Gasteiger partial charge >= 0.3 is 0 Å². The predicted octanol–water partition coefficient (Wildman–Crippen LogP) is 6.15. The van der Waals surface area contributed by atoms with E-state index in [0.717, 1.165) is 18.3 Å². The van der Waals surface area contributed by atoms with Crippen LogP contribution in [0.3, 0.4) is 0 Å². The van der Waals surface area contributed by atoms with Crippen molar-refractivity contribution in [3.63, 3.8) is 0 Å². The average Bonchev–Trinajstić information content (AvgIpc) is 2.58. The smallest absolute Gasteiger partial charge is 0.0763 e. The SMILES string of the molecule is CCC(=Nc1c(C)cccc1C)C(C)(CP)Nc1c(C)cccc1C. The molecule has 0 spiro atoms. The molecule has 25 heavy (non-hydrogen) atoms. The third-order valence-electron chi connectivity index (χ3n) is 4.95. The fourth-order valence-electron chi connectivity index (χ4n) is 3.24. The van der Waals surface area contributed by atoms with Crippen LogP contribution in [0.1, 0.15) is 42.5 Å². The first-order valence-electron chi connectivity index (χ1n) is 9.01. The Morgan fingerprint density at radius 1 is 0.960 bits per heavy atom. The van der Waals surface area contributed by atoms with E-state index >= 15 is 0 Å². The van der Waals surface area contributed by atoms with Crippen molar-refractivity contribution in [2.24, 2.45) is 4.99 Å². The second-order valence-electron chi connectivity index (χ2n) is 7.08. The van der Waals surface area contributed by atoms with Crippen molar-refractivity contribution >= 4 is 26.3 Å². The first kappa shape index (κ1) is 19.7. The van der Waals surface area contributed by atoms with Gasteiger partial charge in [-0.2, -0.15) is 0 Å². The summed E-state index contributed by atoms with van der Waals surface area (Å²) in [5.74, 6) is 0. The second kappa shape index (κ2) is 8.15. The third-order valence-corrected chi connectivity index (χ3v) is 5.76. The van der Waals surface area contributed by atoms with Crippen molar-refractivity contribution in [1.29, 1.82) is 0 Å². The number of hydrogen-bond acceptors (Lipinski definition) is 2. The van der Waals surface area contributed by atoms with Gasteiger partial charge in [-0.05, 0) is 69.5 Å². The minimum Gasteiger partial charge on any atom is -0.374 e. The van der Waals surface area contributed by atoms with Gasteiger partial charge in [0.05, 0.1) is 11.2 Å². The maximum Gasteiger partial charge on any atom is 0.0763 e. The van der Waals surface area contributed by atoms with E-state index in [0.29, 0.717) is 0 Å². The van der Waals surface area contributed by atoms with Crippen LogP contribution in [-0.2, 0) is 0 Å². The molecule has 0 saturated carbocycles. The molecule has 3 heteroatoms. The van der Waals surface area contributed by atoms with Crippen LogP contribution < -0.4 is 5.32 Å². The van der Waals surface area contributed by atoms with E-state index in [1.165, 1.54) is 33.7 Å². The summed E-state index contributed by atoms with van der Waals surface area (Å²) in [6.07, 6.45) is 1.81. The number of para-hydroxylation sites is 2. The molecule has 2 aromatic rings. The van der Waals surface area contributed by atoms with Crippen molar-refractivity contribution in [2.45, 2.75) is 53.5 Å². The molecule has 0 aliphatic carbocycles. The van der Waals surface area contributed by atoms with Gasteiger partial charge in [-0.1, -0.05) is 43.3 Å². The Labute approximate surface area is 155 Å². The van der Waals surface area contributed by atoms with E-state index in [4.69, 9.17) is 4.99 Å². The van der Waals surface area contributed by atoms with Crippen LogP contribution in [0.2, 0.25) is 0 Å². The Hall–Kier alpha value is -1.66. The number of nitrogens with one attached hydrogen (secondary N) is 1. The molecule has 0 bridgehead atoms. The van der Waals surface area contributed by atoms with Gasteiger partial charge in [-0.25, -0.2) is 0 Å². The molecule has 2 unspecified atom stereocenters. The van der Waals surface area contributed by atoms with Crippen LogP contribution in [0.15, 0.2) is 41.4 Å². The quantitative estimate of drug-likeness (QED) is 0.488. The largest absolute Gasteiger partial charge is 0.374 e. The zero-order valence-corrected chi connectivity index (χ0v) is 17.6. The molecule has 0 heterocycles. The van der Waals surface area contributed by atoms with Gasteiger partial charge in [-0.3, -0.25) is 4.99 Å². The van der Waals surface area contributed by atoms with Crippen molar-refractivity contribution in [2.75, 3.05) is 11.5 Å². The lowest BCUT2D eigenvalue weighted by Gasteiger charge is -2.34. The van der Waals surface area contributed by atoms with Crippen molar-refractivity contribution in [3.8, 4) is 0 Å². The first-order valence-corrected chi connectivity index (χ1v) is 9.82.